The van der Waals surface area contributed by atoms with Crippen LogP contribution in [0.1, 0.15) is 46.2 Å². The number of nitriles is 1. The number of carbonyl (C=O) groups excluding carboxylic acids is 1. The molecule has 0 saturated heterocycles. The second-order valence-corrected chi connectivity index (χ2v) is 7.06. The summed E-state index contributed by atoms with van der Waals surface area (Å²) in [6.07, 6.45) is -2.78. The molecule has 3 heterocycles. The zero-order valence-electron chi connectivity index (χ0n) is 15.9. The molecule has 31 heavy (non-hydrogen) atoms. The minimum absolute atomic E-state index is 0.0352. The molecule has 0 radical (unpaired) electrons. The first-order valence-electron chi connectivity index (χ1n) is 9.39. The topological polar surface area (TPSA) is 83.6 Å². The number of amides is 1. The number of nitrogens with one attached hydrogen (secondary N) is 1. The molecule has 0 spiro atoms. The molecular weight excluding hydrogens is 414 g/mol. The van der Waals surface area contributed by atoms with Gasteiger partial charge in [0.2, 0.25) is 0 Å². The minimum Gasteiger partial charge on any atom is -0.344 e. The van der Waals surface area contributed by atoms with Crippen molar-refractivity contribution in [2.24, 2.45) is 0 Å². The number of hydrogen-bond acceptors (Lipinski definition) is 4. The Morgan fingerprint density at radius 1 is 1.26 bits per heavy atom. The fourth-order valence-electron chi connectivity index (χ4n) is 3.57. The first-order chi connectivity index (χ1) is 14.8. The maximum absolute atomic E-state index is 14.5. The standard InChI is InChI=1S/C21H15F4N5O/c22-18-14(6-7-27-19(18)21(23,24)25)16-10-17-15(5-2-8-30(17)29-16)28-20(31)13-4-1-3-12(9-13)11-26/h1,3-4,6-7,9-10,15H,2,5,8H2,(H,28,31)/t15-/m0/s1. The number of carbonyl (C=O) groups is 1. The van der Waals surface area contributed by atoms with Crippen LogP contribution in [0.15, 0.2) is 42.6 Å². The lowest BCUT2D eigenvalue weighted by molar-refractivity contribution is -0.143. The number of pyridine rings is 1. The van der Waals surface area contributed by atoms with Crippen LogP contribution in [0.5, 0.6) is 0 Å². The van der Waals surface area contributed by atoms with E-state index in [2.05, 4.69) is 15.4 Å². The summed E-state index contributed by atoms with van der Waals surface area (Å²) >= 11 is 0. The van der Waals surface area contributed by atoms with Crippen LogP contribution >= 0.6 is 0 Å². The Balaban J connectivity index is 1.64. The fraction of sp³-hybridized carbons (Fsp3) is 0.238. The Kier molecular flexibility index (Phi) is 5.19. The molecule has 0 aliphatic carbocycles. The van der Waals surface area contributed by atoms with Gasteiger partial charge in [0, 0.05) is 23.9 Å². The van der Waals surface area contributed by atoms with E-state index in [4.69, 9.17) is 5.26 Å². The summed E-state index contributed by atoms with van der Waals surface area (Å²) in [4.78, 5) is 15.7. The molecule has 4 rings (SSSR count). The predicted octanol–water partition coefficient (Wildman–Crippen LogP) is 4.24. The van der Waals surface area contributed by atoms with E-state index in [0.29, 0.717) is 36.2 Å². The fourth-order valence-corrected chi connectivity index (χ4v) is 3.57. The highest BCUT2D eigenvalue weighted by atomic mass is 19.4. The number of nitrogens with zero attached hydrogens (tertiary/aromatic N) is 4. The molecular formula is C21H15F4N5O. The van der Waals surface area contributed by atoms with Gasteiger partial charge in [-0.1, -0.05) is 6.07 Å². The largest absolute Gasteiger partial charge is 0.436 e. The molecule has 1 aromatic carbocycles. The molecule has 1 aliphatic rings. The average molecular weight is 429 g/mol. The van der Waals surface area contributed by atoms with Gasteiger partial charge in [-0.15, -0.1) is 0 Å². The molecule has 1 N–H and O–H groups in total. The van der Waals surface area contributed by atoms with Crippen molar-refractivity contribution in [2.45, 2.75) is 31.6 Å². The summed E-state index contributed by atoms with van der Waals surface area (Å²) in [7, 11) is 0. The van der Waals surface area contributed by atoms with Gasteiger partial charge < -0.3 is 5.32 Å². The molecule has 0 saturated carbocycles. The summed E-state index contributed by atoms with van der Waals surface area (Å²) in [5.74, 6) is -1.88. The third-order valence-electron chi connectivity index (χ3n) is 5.02. The minimum atomic E-state index is -4.92. The summed E-state index contributed by atoms with van der Waals surface area (Å²) in [5.41, 5.74) is -0.652. The van der Waals surface area contributed by atoms with E-state index in [1.54, 1.807) is 22.9 Å². The first kappa shape index (κ1) is 20.5. The van der Waals surface area contributed by atoms with Gasteiger partial charge in [-0.3, -0.25) is 9.48 Å². The Hall–Kier alpha value is -3.74. The van der Waals surface area contributed by atoms with E-state index >= 15 is 0 Å². The van der Waals surface area contributed by atoms with Gasteiger partial charge in [0.1, 0.15) is 0 Å². The van der Waals surface area contributed by atoms with Crippen molar-refractivity contribution in [3.8, 4) is 17.3 Å². The maximum Gasteiger partial charge on any atom is 0.436 e. The summed E-state index contributed by atoms with van der Waals surface area (Å²) < 4.78 is 55.0. The molecule has 10 heteroatoms. The second-order valence-electron chi connectivity index (χ2n) is 7.06. The number of aryl methyl sites for hydroxylation is 1. The highest BCUT2D eigenvalue weighted by molar-refractivity contribution is 5.94. The number of alkyl halides is 3. The number of benzene rings is 1. The van der Waals surface area contributed by atoms with Crippen molar-refractivity contribution >= 4 is 5.91 Å². The predicted molar refractivity (Wildman–Crippen MR) is 101 cm³/mol. The summed E-state index contributed by atoms with van der Waals surface area (Å²) in [6.45, 7) is 0.491. The van der Waals surface area contributed by atoms with Crippen LogP contribution in [0.25, 0.3) is 11.3 Å². The second kappa shape index (κ2) is 7.83. The molecule has 2 aromatic heterocycles. The lowest BCUT2D eigenvalue weighted by Crippen LogP contribution is -2.32. The van der Waals surface area contributed by atoms with Gasteiger partial charge >= 0.3 is 6.18 Å². The van der Waals surface area contributed by atoms with Crippen LogP contribution in [-0.4, -0.2) is 20.7 Å². The molecule has 3 aromatic rings. The van der Waals surface area contributed by atoms with Gasteiger partial charge in [0.05, 0.1) is 29.1 Å². The Morgan fingerprint density at radius 3 is 2.81 bits per heavy atom. The average Bonchev–Trinajstić information content (AvgIpc) is 3.18. The third kappa shape index (κ3) is 3.99. The lowest BCUT2D eigenvalue weighted by Gasteiger charge is -2.24. The Morgan fingerprint density at radius 2 is 2.06 bits per heavy atom. The van der Waals surface area contributed by atoms with Gasteiger partial charge in [-0.2, -0.15) is 23.5 Å². The highest BCUT2D eigenvalue weighted by Crippen LogP contribution is 2.35. The molecule has 1 aliphatic heterocycles. The quantitative estimate of drug-likeness (QED) is 0.632. The van der Waals surface area contributed by atoms with Crippen molar-refractivity contribution in [1.29, 1.82) is 5.26 Å². The molecule has 0 unspecified atom stereocenters. The molecule has 6 nitrogen and oxygen atoms in total. The van der Waals surface area contributed by atoms with E-state index in [1.165, 1.54) is 12.1 Å². The normalized spacial score (nSPS) is 15.8. The molecule has 0 fully saturated rings. The monoisotopic (exact) mass is 429 g/mol. The van der Waals surface area contributed by atoms with Crippen LogP contribution < -0.4 is 5.32 Å². The number of aromatic nitrogens is 3. The van der Waals surface area contributed by atoms with Crippen LogP contribution in [0.2, 0.25) is 0 Å². The Labute approximate surface area is 174 Å². The number of hydrogen-bond donors (Lipinski definition) is 1. The van der Waals surface area contributed by atoms with Crippen molar-refractivity contribution in [2.75, 3.05) is 0 Å². The zero-order chi connectivity index (χ0) is 22.2. The van der Waals surface area contributed by atoms with E-state index < -0.39 is 29.6 Å². The Bertz CT molecular complexity index is 1200. The summed E-state index contributed by atoms with van der Waals surface area (Å²) in [5, 5.41) is 16.1. The number of rotatable bonds is 3. The van der Waals surface area contributed by atoms with Crippen molar-refractivity contribution < 1.29 is 22.4 Å². The van der Waals surface area contributed by atoms with Gasteiger partial charge in [-0.05, 0) is 43.2 Å². The van der Waals surface area contributed by atoms with E-state index in [1.807, 2.05) is 6.07 Å². The zero-order valence-corrected chi connectivity index (χ0v) is 15.9. The van der Waals surface area contributed by atoms with E-state index in [9.17, 15) is 22.4 Å². The summed E-state index contributed by atoms with van der Waals surface area (Å²) in [6, 6.07) is 10.3. The van der Waals surface area contributed by atoms with E-state index in [-0.39, 0.29) is 11.3 Å². The van der Waals surface area contributed by atoms with E-state index in [0.717, 1.165) is 12.3 Å². The van der Waals surface area contributed by atoms with Gasteiger partial charge in [0.25, 0.3) is 5.91 Å². The molecule has 1 atom stereocenters. The van der Waals surface area contributed by atoms with Crippen molar-refractivity contribution in [3.63, 3.8) is 0 Å². The lowest BCUT2D eigenvalue weighted by atomic mass is 10.0. The number of halogens is 4. The van der Waals surface area contributed by atoms with Gasteiger partial charge in [0.15, 0.2) is 11.5 Å². The smallest absolute Gasteiger partial charge is 0.344 e. The van der Waals surface area contributed by atoms with Crippen LogP contribution in [0.4, 0.5) is 17.6 Å². The number of fused-ring (bicyclic) bond motifs is 1. The van der Waals surface area contributed by atoms with Crippen LogP contribution in [-0.2, 0) is 12.7 Å². The molecule has 1 amide bonds. The van der Waals surface area contributed by atoms with Crippen LogP contribution in [0.3, 0.4) is 0 Å². The molecule has 158 valence electrons. The van der Waals surface area contributed by atoms with Crippen molar-refractivity contribution in [3.05, 3.63) is 70.9 Å². The van der Waals surface area contributed by atoms with Crippen molar-refractivity contribution in [1.82, 2.24) is 20.1 Å². The van der Waals surface area contributed by atoms with Crippen LogP contribution in [0, 0.1) is 17.1 Å². The first-order valence-corrected chi connectivity index (χ1v) is 9.39. The maximum atomic E-state index is 14.5. The highest BCUT2D eigenvalue weighted by Gasteiger charge is 2.37. The third-order valence-corrected chi connectivity index (χ3v) is 5.02. The van der Waals surface area contributed by atoms with Gasteiger partial charge in [-0.25, -0.2) is 9.37 Å². The SMILES string of the molecule is N#Cc1cccc(C(=O)N[C@H]2CCCn3nc(-c4ccnc(C(F)(F)F)c4F)cc32)c1. The molecule has 0 bridgehead atoms.